The Kier molecular flexibility index (Phi) is 6.79. The highest BCUT2D eigenvalue weighted by atomic mass is 32.2. The molecule has 0 saturated heterocycles. The van der Waals surface area contributed by atoms with Gasteiger partial charge in [0.15, 0.2) is 4.75 Å². The predicted octanol–water partition coefficient (Wildman–Crippen LogP) is 3.92. The van der Waals surface area contributed by atoms with Crippen LogP contribution in [0.2, 0.25) is 0 Å². The first-order valence-electron chi connectivity index (χ1n) is 10.1. The normalized spacial score (nSPS) is 16.8. The number of carbonyl (C=O) groups excluding carboxylic acids is 1. The first-order chi connectivity index (χ1) is 14.7. The molecule has 2 N–H and O–H groups in total. The molecule has 1 amide bonds. The number of rotatable bonds is 7. The number of nitrogens with one attached hydrogen (secondary N) is 1. The second-order valence-electron chi connectivity index (χ2n) is 7.90. The molecule has 2 aromatic carbocycles. The number of amides is 1. The van der Waals surface area contributed by atoms with Crippen LogP contribution in [0.5, 0.6) is 0 Å². The van der Waals surface area contributed by atoms with E-state index < -0.39 is 20.7 Å². The van der Waals surface area contributed by atoms with E-state index in [1.807, 2.05) is 24.3 Å². The van der Waals surface area contributed by atoms with Crippen molar-refractivity contribution in [2.24, 2.45) is 0 Å². The molecule has 0 aromatic heterocycles. The Balaban J connectivity index is 1.83. The van der Waals surface area contributed by atoms with E-state index in [1.165, 1.54) is 28.3 Å². The lowest BCUT2D eigenvalue weighted by Crippen LogP contribution is -2.55. The van der Waals surface area contributed by atoms with Gasteiger partial charge in [-0.3, -0.25) is 10.0 Å². The van der Waals surface area contributed by atoms with Crippen LogP contribution in [0, 0.1) is 6.92 Å². The average Bonchev–Trinajstić information content (AvgIpc) is 2.79. The van der Waals surface area contributed by atoms with Crippen LogP contribution in [0.15, 0.2) is 67.3 Å². The molecule has 0 bridgehead atoms. The maximum absolute atomic E-state index is 13.2. The zero-order chi connectivity index (χ0) is 22.6. The zero-order valence-corrected chi connectivity index (χ0v) is 18.7. The Hall–Kier alpha value is -2.74. The van der Waals surface area contributed by atoms with Gasteiger partial charge < -0.3 is 0 Å². The highest BCUT2D eigenvalue weighted by molar-refractivity contribution is 7.91. The van der Waals surface area contributed by atoms with Crippen molar-refractivity contribution in [1.82, 2.24) is 9.79 Å². The fourth-order valence-electron chi connectivity index (χ4n) is 3.93. The summed E-state index contributed by atoms with van der Waals surface area (Å²) in [6.07, 6.45) is 3.70. The molecule has 1 atom stereocenters. The molecule has 164 valence electrons. The molecule has 31 heavy (non-hydrogen) atoms. The standard InChI is InChI=1S/C24H28N2O4S/c1-4-14-24(3,23(27)25-28)31(29,30)26-15-12-19(13-16-26)21-10-11-22(18(2)17-21)20-8-6-5-7-9-20/h4-12,17,28H,1,13-16H2,2-3H3,(H,25,27)/t24-/m0/s1. The lowest BCUT2D eigenvalue weighted by Gasteiger charge is -2.34. The van der Waals surface area contributed by atoms with Crippen LogP contribution < -0.4 is 5.48 Å². The topological polar surface area (TPSA) is 86.7 Å². The average molecular weight is 441 g/mol. The Morgan fingerprint density at radius 2 is 1.94 bits per heavy atom. The Bertz CT molecular complexity index is 1110. The van der Waals surface area contributed by atoms with Gasteiger partial charge in [0, 0.05) is 13.1 Å². The van der Waals surface area contributed by atoms with Gasteiger partial charge in [0.1, 0.15) is 0 Å². The molecular formula is C24H28N2O4S. The van der Waals surface area contributed by atoms with Crippen LogP contribution in [0.1, 0.15) is 30.9 Å². The van der Waals surface area contributed by atoms with Crippen molar-refractivity contribution in [1.29, 1.82) is 0 Å². The third-order valence-corrected chi connectivity index (χ3v) is 8.38. The highest BCUT2D eigenvalue weighted by Crippen LogP contribution is 2.32. The minimum absolute atomic E-state index is 0.102. The minimum atomic E-state index is -4.01. The second kappa shape index (κ2) is 9.18. The number of hydrogen-bond acceptors (Lipinski definition) is 4. The van der Waals surface area contributed by atoms with Gasteiger partial charge in [-0.2, -0.15) is 4.31 Å². The van der Waals surface area contributed by atoms with Gasteiger partial charge in [0.2, 0.25) is 10.0 Å². The first-order valence-corrected chi connectivity index (χ1v) is 11.6. The van der Waals surface area contributed by atoms with Crippen molar-refractivity contribution >= 4 is 21.5 Å². The van der Waals surface area contributed by atoms with E-state index in [0.717, 1.165) is 22.3 Å². The van der Waals surface area contributed by atoms with Crippen LogP contribution in [0.3, 0.4) is 0 Å². The molecule has 0 fully saturated rings. The van der Waals surface area contributed by atoms with Gasteiger partial charge in [0.05, 0.1) is 0 Å². The van der Waals surface area contributed by atoms with Crippen molar-refractivity contribution in [3.8, 4) is 11.1 Å². The molecule has 1 aliphatic heterocycles. The van der Waals surface area contributed by atoms with E-state index in [2.05, 4.69) is 43.8 Å². The van der Waals surface area contributed by atoms with Crippen molar-refractivity contribution in [2.75, 3.05) is 13.1 Å². The smallest absolute Gasteiger partial charge is 0.266 e. The van der Waals surface area contributed by atoms with E-state index in [0.29, 0.717) is 6.42 Å². The quantitative estimate of drug-likeness (QED) is 0.388. The Labute approximate surface area is 183 Å². The number of carbonyl (C=O) groups is 1. The van der Waals surface area contributed by atoms with Crippen LogP contribution in [0.25, 0.3) is 16.7 Å². The van der Waals surface area contributed by atoms with Gasteiger partial charge >= 0.3 is 0 Å². The Morgan fingerprint density at radius 1 is 1.23 bits per heavy atom. The van der Waals surface area contributed by atoms with E-state index in [4.69, 9.17) is 5.21 Å². The summed E-state index contributed by atoms with van der Waals surface area (Å²) >= 11 is 0. The number of allylic oxidation sites excluding steroid dienone is 1. The molecular weight excluding hydrogens is 412 g/mol. The fraction of sp³-hybridized carbons (Fsp3) is 0.292. The zero-order valence-electron chi connectivity index (χ0n) is 17.8. The molecule has 7 heteroatoms. The molecule has 2 aromatic rings. The van der Waals surface area contributed by atoms with Gasteiger partial charge in [-0.1, -0.05) is 60.7 Å². The molecule has 6 nitrogen and oxygen atoms in total. The van der Waals surface area contributed by atoms with Crippen LogP contribution >= 0.6 is 0 Å². The molecule has 0 aliphatic carbocycles. The summed E-state index contributed by atoms with van der Waals surface area (Å²) in [6.45, 7) is 7.36. The highest BCUT2D eigenvalue weighted by Gasteiger charge is 2.48. The van der Waals surface area contributed by atoms with Gasteiger partial charge in [-0.15, -0.1) is 6.58 Å². The maximum Gasteiger partial charge on any atom is 0.266 e. The molecule has 1 heterocycles. The van der Waals surface area contributed by atoms with Crippen molar-refractivity contribution in [3.05, 3.63) is 78.4 Å². The van der Waals surface area contributed by atoms with Crippen LogP contribution in [-0.4, -0.2) is 41.7 Å². The first kappa shape index (κ1) is 22.9. The summed E-state index contributed by atoms with van der Waals surface area (Å²) < 4.78 is 25.8. The summed E-state index contributed by atoms with van der Waals surface area (Å²) in [6, 6.07) is 16.4. The monoisotopic (exact) mass is 440 g/mol. The van der Waals surface area contributed by atoms with Crippen LogP contribution in [0.4, 0.5) is 0 Å². The second-order valence-corrected chi connectivity index (χ2v) is 10.3. The van der Waals surface area contributed by atoms with E-state index in [9.17, 15) is 13.2 Å². The third kappa shape index (κ3) is 4.35. The van der Waals surface area contributed by atoms with Crippen molar-refractivity contribution in [3.63, 3.8) is 0 Å². The van der Waals surface area contributed by atoms with Gasteiger partial charge in [-0.05, 0) is 54.5 Å². The van der Waals surface area contributed by atoms with E-state index in [1.54, 1.807) is 0 Å². The summed E-state index contributed by atoms with van der Waals surface area (Å²) in [4.78, 5) is 12.2. The molecule has 1 aliphatic rings. The molecule has 0 unspecified atom stereocenters. The molecule has 3 rings (SSSR count). The van der Waals surface area contributed by atoms with E-state index in [-0.39, 0.29) is 19.5 Å². The van der Waals surface area contributed by atoms with Crippen LogP contribution in [-0.2, 0) is 14.8 Å². The SMILES string of the molecule is C=CC[C@@](C)(C(=O)NO)S(=O)(=O)N1CC=C(c2ccc(-c3ccccc3)c(C)c2)CC1. The van der Waals surface area contributed by atoms with E-state index >= 15 is 0 Å². The molecule has 0 saturated carbocycles. The number of hydrogen-bond donors (Lipinski definition) is 2. The third-order valence-electron chi connectivity index (χ3n) is 5.88. The van der Waals surface area contributed by atoms with Gasteiger partial charge in [0.25, 0.3) is 5.91 Å². The summed E-state index contributed by atoms with van der Waals surface area (Å²) in [5.74, 6) is -0.964. The lowest BCUT2D eigenvalue weighted by molar-refractivity contribution is -0.131. The lowest BCUT2D eigenvalue weighted by atomic mass is 9.94. The number of benzene rings is 2. The van der Waals surface area contributed by atoms with Crippen molar-refractivity contribution in [2.45, 2.75) is 31.4 Å². The molecule has 0 radical (unpaired) electrons. The molecule has 0 spiro atoms. The fourth-order valence-corrected chi connectivity index (χ4v) is 5.71. The Morgan fingerprint density at radius 3 is 2.48 bits per heavy atom. The summed E-state index contributed by atoms with van der Waals surface area (Å²) in [5, 5.41) is 9.05. The minimum Gasteiger partial charge on any atom is -0.289 e. The van der Waals surface area contributed by atoms with Crippen molar-refractivity contribution < 1.29 is 18.4 Å². The number of aryl methyl sites for hydroxylation is 1. The number of hydroxylamine groups is 1. The maximum atomic E-state index is 13.2. The van der Waals surface area contributed by atoms with Gasteiger partial charge in [-0.25, -0.2) is 13.9 Å². The largest absolute Gasteiger partial charge is 0.289 e. The number of nitrogens with zero attached hydrogens (tertiary/aromatic N) is 1. The number of sulfonamides is 1. The summed E-state index contributed by atoms with van der Waals surface area (Å²) in [5.41, 5.74) is 7.10. The predicted molar refractivity (Wildman–Crippen MR) is 123 cm³/mol. The summed E-state index contributed by atoms with van der Waals surface area (Å²) in [7, 11) is -4.01.